The summed E-state index contributed by atoms with van der Waals surface area (Å²) >= 11 is 5.06. The first-order valence-electron chi connectivity index (χ1n) is 6.41. The lowest BCUT2D eigenvalue weighted by Gasteiger charge is -2.20. The van der Waals surface area contributed by atoms with E-state index in [0.29, 0.717) is 22.4 Å². The first-order valence-corrected chi connectivity index (χ1v) is 8.08. The number of nitrogens with one attached hydrogen (secondary N) is 1. The minimum atomic E-state index is -0.116. The zero-order valence-electron chi connectivity index (χ0n) is 11.0. The number of amides is 1. The minimum absolute atomic E-state index is 0.0659. The van der Waals surface area contributed by atoms with Crippen LogP contribution in [0.2, 0.25) is 0 Å². The molecule has 0 unspecified atom stereocenters. The Balaban J connectivity index is 1.96. The Kier molecular flexibility index (Phi) is 2.83. The van der Waals surface area contributed by atoms with E-state index in [4.69, 9.17) is 0 Å². The molecule has 0 saturated heterocycles. The van der Waals surface area contributed by atoms with Gasteiger partial charge in [0.25, 0.3) is 5.91 Å². The van der Waals surface area contributed by atoms with Crippen molar-refractivity contribution in [1.29, 1.82) is 0 Å². The number of rotatable bonds is 1. The van der Waals surface area contributed by atoms with Gasteiger partial charge in [0.2, 0.25) is 0 Å². The van der Waals surface area contributed by atoms with Crippen molar-refractivity contribution < 1.29 is 4.79 Å². The van der Waals surface area contributed by atoms with Gasteiger partial charge in [-0.2, -0.15) is 5.10 Å². The maximum Gasteiger partial charge on any atom is 0.271 e. The third-order valence-corrected chi connectivity index (χ3v) is 4.99. The van der Waals surface area contributed by atoms with Gasteiger partial charge >= 0.3 is 0 Å². The zero-order chi connectivity index (χ0) is 14.6. The lowest BCUT2D eigenvalue weighted by molar-refractivity contribution is 0.0900. The highest BCUT2D eigenvalue weighted by molar-refractivity contribution is 9.10. The minimum Gasteiger partial charge on any atom is -0.346 e. The number of carbonyl (C=O) groups excluding carboxylic acids is 1. The number of aromatic nitrogens is 4. The van der Waals surface area contributed by atoms with Crippen LogP contribution < -0.4 is 5.32 Å². The number of nitrogens with zero attached hydrogens (tertiary/aromatic N) is 4. The van der Waals surface area contributed by atoms with E-state index in [1.54, 1.807) is 16.0 Å². The molecule has 0 radical (unpaired) electrons. The van der Waals surface area contributed by atoms with Gasteiger partial charge in [0, 0.05) is 11.4 Å². The second-order valence-electron chi connectivity index (χ2n) is 4.93. The predicted octanol–water partition coefficient (Wildman–Crippen LogP) is 2.45. The smallest absolute Gasteiger partial charge is 0.271 e. The standard InChI is InChI=1S/C13H10BrN5OS/c1-6-4-19-11(12(20)17-6)8(14)10(18-19)9-7-2-3-21-13(7)16-5-15-9/h2-3,5-6H,4H2,1H3,(H,17,20)/t6-/m0/s1. The Morgan fingerprint density at radius 3 is 3.14 bits per heavy atom. The van der Waals surface area contributed by atoms with Crippen LogP contribution in [0, 0.1) is 0 Å². The van der Waals surface area contributed by atoms with Crippen molar-refractivity contribution in [3.8, 4) is 11.4 Å². The van der Waals surface area contributed by atoms with E-state index in [9.17, 15) is 4.79 Å². The van der Waals surface area contributed by atoms with Crippen LogP contribution >= 0.6 is 27.3 Å². The van der Waals surface area contributed by atoms with Crippen LogP contribution in [0.4, 0.5) is 0 Å². The average molecular weight is 364 g/mol. The van der Waals surface area contributed by atoms with Gasteiger partial charge in [-0.3, -0.25) is 9.48 Å². The summed E-state index contributed by atoms with van der Waals surface area (Å²) in [4.78, 5) is 21.7. The molecule has 3 aromatic heterocycles. The largest absolute Gasteiger partial charge is 0.346 e. The summed E-state index contributed by atoms with van der Waals surface area (Å²) in [5, 5.41) is 10.4. The molecular weight excluding hydrogens is 354 g/mol. The first kappa shape index (κ1) is 12.9. The second-order valence-corrected chi connectivity index (χ2v) is 6.62. The first-order chi connectivity index (χ1) is 10.1. The van der Waals surface area contributed by atoms with E-state index in [2.05, 4.69) is 36.3 Å². The quantitative estimate of drug-likeness (QED) is 0.720. The van der Waals surface area contributed by atoms with Crippen molar-refractivity contribution in [2.45, 2.75) is 19.5 Å². The number of hydrogen-bond donors (Lipinski definition) is 1. The maximum atomic E-state index is 12.1. The van der Waals surface area contributed by atoms with Crippen molar-refractivity contribution in [2.24, 2.45) is 0 Å². The molecule has 1 amide bonds. The van der Waals surface area contributed by atoms with Crippen LogP contribution in [0.5, 0.6) is 0 Å². The Hall–Kier alpha value is -1.80. The van der Waals surface area contributed by atoms with Gasteiger partial charge in [-0.1, -0.05) is 0 Å². The Morgan fingerprint density at radius 1 is 1.43 bits per heavy atom. The zero-order valence-corrected chi connectivity index (χ0v) is 13.4. The highest BCUT2D eigenvalue weighted by atomic mass is 79.9. The molecule has 0 spiro atoms. The molecule has 4 heterocycles. The van der Waals surface area contributed by atoms with E-state index in [-0.39, 0.29) is 11.9 Å². The number of hydrogen-bond acceptors (Lipinski definition) is 5. The van der Waals surface area contributed by atoms with Crippen LogP contribution in [0.15, 0.2) is 22.2 Å². The van der Waals surface area contributed by atoms with Crippen molar-refractivity contribution in [3.63, 3.8) is 0 Å². The topological polar surface area (TPSA) is 72.7 Å². The molecular formula is C13H10BrN5OS. The molecule has 0 aliphatic carbocycles. The number of halogens is 1. The van der Waals surface area contributed by atoms with E-state index in [1.165, 1.54) is 6.33 Å². The number of fused-ring (bicyclic) bond motifs is 2. The van der Waals surface area contributed by atoms with Gasteiger partial charge in [-0.05, 0) is 34.3 Å². The molecule has 0 saturated carbocycles. The van der Waals surface area contributed by atoms with E-state index in [0.717, 1.165) is 15.9 Å². The summed E-state index contributed by atoms with van der Waals surface area (Å²) in [6, 6.07) is 2.04. The Bertz CT molecular complexity index is 871. The fourth-order valence-corrected chi connectivity index (χ4v) is 3.90. The molecule has 0 aromatic carbocycles. The molecule has 0 fully saturated rings. The summed E-state index contributed by atoms with van der Waals surface area (Å²) in [5.41, 5.74) is 1.97. The average Bonchev–Trinajstić information content (AvgIpc) is 3.03. The summed E-state index contributed by atoms with van der Waals surface area (Å²) in [6.07, 6.45) is 1.53. The monoisotopic (exact) mass is 363 g/mol. The molecule has 21 heavy (non-hydrogen) atoms. The van der Waals surface area contributed by atoms with E-state index < -0.39 is 0 Å². The van der Waals surface area contributed by atoms with Crippen molar-refractivity contribution >= 4 is 43.4 Å². The fourth-order valence-electron chi connectivity index (χ4n) is 2.52. The van der Waals surface area contributed by atoms with Crippen LogP contribution in [-0.4, -0.2) is 31.7 Å². The molecule has 3 aromatic rings. The summed E-state index contributed by atoms with van der Waals surface area (Å²) in [7, 11) is 0. The van der Waals surface area contributed by atoms with Crippen LogP contribution in [0.25, 0.3) is 21.6 Å². The fraction of sp³-hybridized carbons (Fsp3) is 0.231. The van der Waals surface area contributed by atoms with Gasteiger partial charge in [0.05, 0.1) is 11.0 Å². The van der Waals surface area contributed by atoms with Gasteiger partial charge in [0.15, 0.2) is 0 Å². The summed E-state index contributed by atoms with van der Waals surface area (Å²) < 4.78 is 2.42. The second kappa shape index (κ2) is 4.60. The van der Waals surface area contributed by atoms with Crippen molar-refractivity contribution in [2.75, 3.05) is 0 Å². The van der Waals surface area contributed by atoms with Gasteiger partial charge in [-0.15, -0.1) is 11.3 Å². The summed E-state index contributed by atoms with van der Waals surface area (Å²) in [5.74, 6) is -0.116. The molecule has 1 N–H and O–H groups in total. The summed E-state index contributed by atoms with van der Waals surface area (Å²) in [6.45, 7) is 2.61. The Morgan fingerprint density at radius 2 is 2.29 bits per heavy atom. The molecule has 6 nitrogen and oxygen atoms in total. The van der Waals surface area contributed by atoms with E-state index >= 15 is 0 Å². The molecule has 4 rings (SSSR count). The highest BCUT2D eigenvalue weighted by Gasteiger charge is 2.29. The van der Waals surface area contributed by atoms with Crippen LogP contribution in [0.1, 0.15) is 17.4 Å². The van der Waals surface area contributed by atoms with Crippen LogP contribution in [-0.2, 0) is 6.54 Å². The maximum absolute atomic E-state index is 12.1. The Labute approximate surface area is 132 Å². The highest BCUT2D eigenvalue weighted by Crippen LogP contribution is 2.35. The van der Waals surface area contributed by atoms with Crippen molar-refractivity contribution in [3.05, 3.63) is 27.9 Å². The van der Waals surface area contributed by atoms with Gasteiger partial charge in [0.1, 0.15) is 28.2 Å². The number of thiophene rings is 1. The van der Waals surface area contributed by atoms with Crippen LogP contribution in [0.3, 0.4) is 0 Å². The molecule has 1 atom stereocenters. The lowest BCUT2D eigenvalue weighted by atomic mass is 10.2. The molecule has 106 valence electrons. The lowest BCUT2D eigenvalue weighted by Crippen LogP contribution is -2.42. The predicted molar refractivity (Wildman–Crippen MR) is 83.3 cm³/mol. The third kappa shape index (κ3) is 1.90. The van der Waals surface area contributed by atoms with Gasteiger partial charge in [-0.25, -0.2) is 9.97 Å². The number of carbonyl (C=O) groups is 1. The molecule has 0 bridgehead atoms. The SMILES string of the molecule is C[C@H]1Cn2nc(-c3ncnc4sccc34)c(Br)c2C(=O)N1. The third-order valence-electron chi connectivity index (χ3n) is 3.42. The molecule has 8 heteroatoms. The van der Waals surface area contributed by atoms with Crippen molar-refractivity contribution in [1.82, 2.24) is 25.1 Å². The van der Waals surface area contributed by atoms with E-state index in [1.807, 2.05) is 18.4 Å². The van der Waals surface area contributed by atoms with Gasteiger partial charge < -0.3 is 5.32 Å². The molecule has 1 aliphatic rings. The molecule has 1 aliphatic heterocycles. The normalized spacial score (nSPS) is 17.8.